The van der Waals surface area contributed by atoms with Crippen molar-refractivity contribution < 1.29 is 14.3 Å². The molecule has 0 saturated carbocycles. The van der Waals surface area contributed by atoms with Crippen LogP contribution in [0.5, 0.6) is 0 Å². The summed E-state index contributed by atoms with van der Waals surface area (Å²) < 4.78 is 13.3. The van der Waals surface area contributed by atoms with Gasteiger partial charge in [0.2, 0.25) is 0 Å². The fourth-order valence-electron chi connectivity index (χ4n) is 2.77. The summed E-state index contributed by atoms with van der Waals surface area (Å²) >= 11 is 1.74. The van der Waals surface area contributed by atoms with Crippen LogP contribution in [0, 0.1) is 5.82 Å². The molecular weight excluding hydrogens is 277 g/mol. The molecule has 20 heavy (non-hydrogen) atoms. The average Bonchev–Trinajstić information content (AvgIpc) is 2.89. The molecule has 0 spiro atoms. The number of rotatable bonds is 2. The number of carboxylic acid groups (broad SMARTS) is 1. The smallest absolute Gasteiger partial charge is 0.337 e. The number of anilines is 1. The predicted molar refractivity (Wildman–Crippen MR) is 77.1 cm³/mol. The highest BCUT2D eigenvalue weighted by atomic mass is 32.1. The lowest BCUT2D eigenvalue weighted by molar-refractivity contribution is 0.0697. The van der Waals surface area contributed by atoms with Crippen molar-refractivity contribution in [2.75, 3.05) is 11.4 Å². The molecule has 5 heteroatoms. The SMILES string of the molecule is CC1c2ccsc2CCN1c1ccc(F)cc1C(=O)O. The van der Waals surface area contributed by atoms with E-state index in [0.717, 1.165) is 19.0 Å². The van der Waals surface area contributed by atoms with Crippen LogP contribution in [-0.2, 0) is 6.42 Å². The third-order valence-corrected chi connectivity index (χ3v) is 4.77. The number of hydrogen-bond acceptors (Lipinski definition) is 3. The van der Waals surface area contributed by atoms with Crippen molar-refractivity contribution in [3.8, 4) is 0 Å². The second-order valence-electron chi connectivity index (χ2n) is 4.89. The van der Waals surface area contributed by atoms with E-state index >= 15 is 0 Å². The fourth-order valence-corrected chi connectivity index (χ4v) is 3.73. The van der Waals surface area contributed by atoms with Crippen molar-refractivity contribution in [1.82, 2.24) is 0 Å². The molecular formula is C15H14FNO2S. The molecule has 0 bridgehead atoms. The van der Waals surface area contributed by atoms with Crippen molar-refractivity contribution >= 4 is 23.0 Å². The Morgan fingerprint density at radius 3 is 3.00 bits per heavy atom. The highest BCUT2D eigenvalue weighted by molar-refractivity contribution is 7.10. The van der Waals surface area contributed by atoms with E-state index < -0.39 is 11.8 Å². The lowest BCUT2D eigenvalue weighted by atomic mass is 9.99. The van der Waals surface area contributed by atoms with Crippen LogP contribution in [0.15, 0.2) is 29.6 Å². The van der Waals surface area contributed by atoms with E-state index in [9.17, 15) is 14.3 Å². The molecule has 1 aromatic heterocycles. The molecule has 2 heterocycles. The summed E-state index contributed by atoms with van der Waals surface area (Å²) in [6.07, 6.45) is 0.897. The third kappa shape index (κ3) is 2.08. The van der Waals surface area contributed by atoms with Crippen molar-refractivity contribution in [3.63, 3.8) is 0 Å². The third-order valence-electron chi connectivity index (χ3n) is 3.78. The lowest BCUT2D eigenvalue weighted by Crippen LogP contribution is -2.34. The number of halogens is 1. The first-order chi connectivity index (χ1) is 9.58. The van der Waals surface area contributed by atoms with Crippen LogP contribution >= 0.6 is 11.3 Å². The molecule has 0 aliphatic carbocycles. The van der Waals surface area contributed by atoms with Gasteiger partial charge in [-0.05, 0) is 48.6 Å². The van der Waals surface area contributed by atoms with E-state index in [4.69, 9.17) is 0 Å². The van der Waals surface area contributed by atoms with Crippen molar-refractivity contribution in [3.05, 3.63) is 51.5 Å². The maximum absolute atomic E-state index is 13.3. The lowest BCUT2D eigenvalue weighted by Gasteiger charge is -2.36. The van der Waals surface area contributed by atoms with Crippen LogP contribution in [0.3, 0.4) is 0 Å². The van der Waals surface area contributed by atoms with Crippen molar-refractivity contribution in [2.24, 2.45) is 0 Å². The van der Waals surface area contributed by atoms with Crippen molar-refractivity contribution in [2.45, 2.75) is 19.4 Å². The Balaban J connectivity index is 2.04. The van der Waals surface area contributed by atoms with Gasteiger partial charge in [0.05, 0.1) is 17.3 Å². The number of carboxylic acids is 1. The predicted octanol–water partition coefficient (Wildman–Crippen LogP) is 3.71. The zero-order chi connectivity index (χ0) is 14.3. The fraction of sp³-hybridized carbons (Fsp3) is 0.267. The monoisotopic (exact) mass is 291 g/mol. The van der Waals surface area contributed by atoms with Gasteiger partial charge in [-0.2, -0.15) is 0 Å². The molecule has 0 radical (unpaired) electrons. The van der Waals surface area contributed by atoms with Gasteiger partial charge in [0.15, 0.2) is 0 Å². The molecule has 3 nitrogen and oxygen atoms in total. The van der Waals surface area contributed by atoms with Crippen LogP contribution < -0.4 is 4.90 Å². The summed E-state index contributed by atoms with van der Waals surface area (Å²) in [7, 11) is 0. The minimum atomic E-state index is -1.09. The molecule has 1 N–H and O–H groups in total. The summed E-state index contributed by atoms with van der Waals surface area (Å²) in [4.78, 5) is 14.7. The first-order valence-corrected chi connectivity index (χ1v) is 7.31. The van der Waals surface area contributed by atoms with E-state index in [-0.39, 0.29) is 11.6 Å². The second kappa shape index (κ2) is 4.90. The Kier molecular flexibility index (Phi) is 3.22. The van der Waals surface area contributed by atoms with Gasteiger partial charge in [-0.15, -0.1) is 11.3 Å². The molecule has 104 valence electrons. The molecule has 0 amide bonds. The molecule has 1 aliphatic rings. The molecule has 1 aliphatic heterocycles. The highest BCUT2D eigenvalue weighted by Gasteiger charge is 2.27. The van der Waals surface area contributed by atoms with Gasteiger partial charge in [0, 0.05) is 11.4 Å². The number of nitrogens with zero attached hydrogens (tertiary/aromatic N) is 1. The standard InChI is InChI=1S/C15H14FNO2S/c1-9-11-5-7-20-14(11)4-6-17(9)13-3-2-10(16)8-12(13)15(18)19/h2-3,5,7-9H,4,6H2,1H3,(H,18,19). The molecule has 3 rings (SSSR count). The summed E-state index contributed by atoms with van der Waals surface area (Å²) in [6, 6.07) is 6.16. The Morgan fingerprint density at radius 1 is 1.45 bits per heavy atom. The zero-order valence-corrected chi connectivity index (χ0v) is 11.8. The van der Waals surface area contributed by atoms with Gasteiger partial charge in [0.1, 0.15) is 5.82 Å². The maximum atomic E-state index is 13.3. The Bertz CT molecular complexity index is 668. The van der Waals surface area contributed by atoms with Crippen LogP contribution in [0.25, 0.3) is 0 Å². The number of fused-ring (bicyclic) bond motifs is 1. The van der Waals surface area contributed by atoms with E-state index in [1.165, 1.54) is 16.5 Å². The molecule has 1 unspecified atom stereocenters. The summed E-state index contributed by atoms with van der Waals surface area (Å²) in [5, 5.41) is 11.3. The van der Waals surface area contributed by atoms with E-state index in [1.807, 2.05) is 4.90 Å². The average molecular weight is 291 g/mol. The first-order valence-electron chi connectivity index (χ1n) is 6.43. The summed E-state index contributed by atoms with van der Waals surface area (Å²) in [6.45, 7) is 2.81. The topological polar surface area (TPSA) is 40.5 Å². The zero-order valence-electron chi connectivity index (χ0n) is 11.0. The van der Waals surface area contributed by atoms with Gasteiger partial charge in [-0.3, -0.25) is 0 Å². The Hall–Kier alpha value is -1.88. The van der Waals surface area contributed by atoms with Gasteiger partial charge >= 0.3 is 5.97 Å². The Morgan fingerprint density at radius 2 is 2.25 bits per heavy atom. The van der Waals surface area contributed by atoms with Gasteiger partial charge < -0.3 is 10.0 Å². The van der Waals surface area contributed by atoms with E-state index in [1.54, 1.807) is 17.4 Å². The van der Waals surface area contributed by atoms with Crippen LogP contribution in [0.1, 0.15) is 33.8 Å². The number of aromatic carboxylic acids is 1. The molecule has 1 aromatic carbocycles. The number of hydrogen-bond donors (Lipinski definition) is 1. The van der Waals surface area contributed by atoms with Gasteiger partial charge in [0.25, 0.3) is 0 Å². The van der Waals surface area contributed by atoms with Crippen LogP contribution in [-0.4, -0.2) is 17.6 Å². The number of benzene rings is 1. The van der Waals surface area contributed by atoms with Crippen LogP contribution in [0.2, 0.25) is 0 Å². The molecule has 0 fully saturated rings. The van der Waals surface area contributed by atoms with Gasteiger partial charge in [-0.25, -0.2) is 9.18 Å². The molecule has 0 saturated heterocycles. The van der Waals surface area contributed by atoms with Gasteiger partial charge in [-0.1, -0.05) is 0 Å². The van der Waals surface area contributed by atoms with Crippen molar-refractivity contribution in [1.29, 1.82) is 0 Å². The highest BCUT2D eigenvalue weighted by Crippen LogP contribution is 2.37. The molecule has 1 atom stereocenters. The summed E-state index contributed by atoms with van der Waals surface area (Å²) in [5.41, 5.74) is 1.85. The van der Waals surface area contributed by atoms with E-state index in [2.05, 4.69) is 18.4 Å². The summed E-state index contributed by atoms with van der Waals surface area (Å²) in [5.74, 6) is -1.62. The molecule has 2 aromatic rings. The maximum Gasteiger partial charge on any atom is 0.337 e. The number of carbonyl (C=O) groups is 1. The minimum Gasteiger partial charge on any atom is -0.478 e. The largest absolute Gasteiger partial charge is 0.478 e. The number of thiophene rings is 1. The minimum absolute atomic E-state index is 0.0236. The van der Waals surface area contributed by atoms with E-state index in [0.29, 0.717) is 5.69 Å². The normalized spacial score (nSPS) is 17.9. The Labute approximate surface area is 120 Å². The quantitative estimate of drug-likeness (QED) is 0.917. The van der Waals surface area contributed by atoms with Crippen LogP contribution in [0.4, 0.5) is 10.1 Å². The second-order valence-corrected chi connectivity index (χ2v) is 5.89. The first kappa shape index (κ1) is 13.1.